The van der Waals surface area contributed by atoms with Crippen LogP contribution < -0.4 is 5.32 Å². The summed E-state index contributed by atoms with van der Waals surface area (Å²) in [7, 11) is -3.75. The van der Waals surface area contributed by atoms with Crippen LogP contribution >= 0.6 is 0 Å². The summed E-state index contributed by atoms with van der Waals surface area (Å²) in [4.78, 5) is 12.2. The quantitative estimate of drug-likeness (QED) is 0.729. The Morgan fingerprint density at radius 2 is 1.78 bits per heavy atom. The molecule has 6 nitrogen and oxygen atoms in total. The van der Waals surface area contributed by atoms with Crippen LogP contribution in [0.25, 0.3) is 0 Å². The molecule has 1 N–H and O–H groups in total. The van der Waals surface area contributed by atoms with Crippen LogP contribution in [0.4, 0.5) is 4.79 Å². The number of rotatable bonds is 6. The smallest absolute Gasteiger partial charge is 0.407 e. The maximum atomic E-state index is 12.3. The maximum Gasteiger partial charge on any atom is 0.407 e. The molecule has 0 aliphatic heterocycles. The standard InChI is InChI=1S/C20H31NO5S/c1-15-9-11-17(12-10-15)27(23,24)25-14-13-16-7-5-6-8-18(16)21-19(22)26-20(2,3)4/h9-12,16,18H,5-8,13-14H2,1-4H3,(H,21,22)/t16-,18+/m1/s1. The zero-order chi connectivity index (χ0) is 20.1. The SMILES string of the molecule is Cc1ccc(S(=O)(=O)OCC[C@H]2CCCC[C@@H]2NC(=O)OC(C)(C)C)cc1. The van der Waals surface area contributed by atoms with Crippen molar-refractivity contribution in [2.24, 2.45) is 5.92 Å². The molecule has 1 aliphatic rings. The zero-order valence-corrected chi connectivity index (χ0v) is 17.5. The molecular weight excluding hydrogens is 366 g/mol. The van der Waals surface area contributed by atoms with Gasteiger partial charge in [-0.05, 0) is 65.0 Å². The summed E-state index contributed by atoms with van der Waals surface area (Å²) in [6.45, 7) is 7.49. The molecule has 1 aromatic carbocycles. The van der Waals surface area contributed by atoms with Gasteiger partial charge >= 0.3 is 6.09 Å². The van der Waals surface area contributed by atoms with E-state index in [-0.39, 0.29) is 23.5 Å². The molecular formula is C20H31NO5S. The van der Waals surface area contributed by atoms with E-state index in [0.717, 1.165) is 31.2 Å². The Hall–Kier alpha value is -1.60. The van der Waals surface area contributed by atoms with E-state index in [2.05, 4.69) is 5.32 Å². The van der Waals surface area contributed by atoms with Crippen molar-refractivity contribution in [2.75, 3.05) is 6.61 Å². The van der Waals surface area contributed by atoms with Crippen molar-refractivity contribution < 1.29 is 22.1 Å². The fourth-order valence-corrected chi connectivity index (χ4v) is 4.21. The predicted octanol–water partition coefficient (Wildman–Crippen LogP) is 4.17. The topological polar surface area (TPSA) is 81.7 Å². The lowest BCUT2D eigenvalue weighted by atomic mass is 9.83. The molecule has 1 amide bonds. The second-order valence-corrected chi connectivity index (χ2v) is 9.79. The minimum Gasteiger partial charge on any atom is -0.444 e. The van der Waals surface area contributed by atoms with Crippen LogP contribution in [0.2, 0.25) is 0 Å². The molecule has 1 fully saturated rings. The molecule has 0 radical (unpaired) electrons. The number of carbonyl (C=O) groups excluding carboxylic acids is 1. The number of alkyl carbamates (subject to hydrolysis) is 1. The summed E-state index contributed by atoms with van der Waals surface area (Å²) >= 11 is 0. The third-order valence-corrected chi connectivity index (χ3v) is 5.97. The van der Waals surface area contributed by atoms with Crippen LogP contribution in [0.1, 0.15) is 58.4 Å². The summed E-state index contributed by atoms with van der Waals surface area (Å²) in [5.41, 5.74) is 0.451. The van der Waals surface area contributed by atoms with Crippen molar-refractivity contribution in [3.63, 3.8) is 0 Å². The lowest BCUT2D eigenvalue weighted by molar-refractivity contribution is 0.0461. The van der Waals surface area contributed by atoms with Crippen LogP contribution in [0, 0.1) is 12.8 Å². The minimum atomic E-state index is -3.75. The maximum absolute atomic E-state index is 12.3. The van der Waals surface area contributed by atoms with Crippen molar-refractivity contribution in [2.45, 2.75) is 76.3 Å². The molecule has 1 aliphatic carbocycles. The highest BCUT2D eigenvalue weighted by molar-refractivity contribution is 7.86. The molecule has 2 rings (SSSR count). The van der Waals surface area contributed by atoms with E-state index in [1.807, 2.05) is 27.7 Å². The highest BCUT2D eigenvalue weighted by Crippen LogP contribution is 2.28. The Kier molecular flexibility index (Phi) is 7.28. The summed E-state index contributed by atoms with van der Waals surface area (Å²) < 4.78 is 35.1. The Bertz CT molecular complexity index is 722. The molecule has 0 bridgehead atoms. The van der Waals surface area contributed by atoms with Crippen LogP contribution in [0.3, 0.4) is 0 Å². The van der Waals surface area contributed by atoms with Gasteiger partial charge < -0.3 is 10.1 Å². The van der Waals surface area contributed by atoms with Gasteiger partial charge in [-0.25, -0.2) is 4.79 Å². The summed E-state index contributed by atoms with van der Waals surface area (Å²) in [6, 6.07) is 6.59. The third-order valence-electron chi connectivity index (χ3n) is 4.65. The van der Waals surface area contributed by atoms with E-state index in [9.17, 15) is 13.2 Å². The molecule has 0 spiro atoms. The Morgan fingerprint density at radius 1 is 1.15 bits per heavy atom. The van der Waals surface area contributed by atoms with E-state index < -0.39 is 21.8 Å². The molecule has 1 aromatic rings. The number of hydrogen-bond acceptors (Lipinski definition) is 5. The Balaban J connectivity index is 1.88. The number of carbonyl (C=O) groups is 1. The van der Waals surface area contributed by atoms with E-state index in [0.29, 0.717) is 6.42 Å². The van der Waals surface area contributed by atoms with Gasteiger partial charge in [0.2, 0.25) is 0 Å². The molecule has 7 heteroatoms. The molecule has 0 saturated heterocycles. The molecule has 0 heterocycles. The number of amides is 1. The number of ether oxygens (including phenoxy) is 1. The van der Waals surface area contributed by atoms with Gasteiger partial charge in [0.25, 0.3) is 10.1 Å². The Labute approximate surface area is 162 Å². The first kappa shape index (κ1) is 21.7. The van der Waals surface area contributed by atoms with Gasteiger partial charge in [-0.2, -0.15) is 8.42 Å². The van der Waals surface area contributed by atoms with Gasteiger partial charge in [-0.1, -0.05) is 30.5 Å². The first-order valence-corrected chi connectivity index (χ1v) is 10.9. The highest BCUT2D eigenvalue weighted by atomic mass is 32.2. The fraction of sp³-hybridized carbons (Fsp3) is 0.650. The first-order valence-electron chi connectivity index (χ1n) is 9.52. The monoisotopic (exact) mass is 397 g/mol. The van der Waals surface area contributed by atoms with Crippen molar-refractivity contribution >= 4 is 16.2 Å². The van der Waals surface area contributed by atoms with Crippen molar-refractivity contribution in [3.8, 4) is 0 Å². The normalized spacial score (nSPS) is 20.9. The van der Waals surface area contributed by atoms with Gasteiger partial charge in [0.15, 0.2) is 0 Å². The summed E-state index contributed by atoms with van der Waals surface area (Å²) in [6.07, 6.45) is 4.07. The van der Waals surface area contributed by atoms with Gasteiger partial charge in [0.05, 0.1) is 11.5 Å². The minimum absolute atomic E-state index is 0.0146. The van der Waals surface area contributed by atoms with E-state index in [1.54, 1.807) is 24.3 Å². The second-order valence-electron chi connectivity index (χ2n) is 8.18. The van der Waals surface area contributed by atoms with Crippen molar-refractivity contribution in [3.05, 3.63) is 29.8 Å². The van der Waals surface area contributed by atoms with Crippen LogP contribution in [0.15, 0.2) is 29.2 Å². The van der Waals surface area contributed by atoms with Gasteiger partial charge in [-0.15, -0.1) is 0 Å². The average molecular weight is 398 g/mol. The fourth-order valence-electron chi connectivity index (χ4n) is 3.28. The second kappa shape index (κ2) is 9.06. The predicted molar refractivity (Wildman–Crippen MR) is 104 cm³/mol. The third kappa shape index (κ3) is 7.14. The molecule has 27 heavy (non-hydrogen) atoms. The Morgan fingerprint density at radius 3 is 2.41 bits per heavy atom. The van der Waals surface area contributed by atoms with E-state index in [1.165, 1.54) is 0 Å². The number of hydrogen-bond donors (Lipinski definition) is 1. The van der Waals surface area contributed by atoms with E-state index >= 15 is 0 Å². The summed E-state index contributed by atoms with van der Waals surface area (Å²) in [5, 5.41) is 2.94. The average Bonchev–Trinajstić information content (AvgIpc) is 2.55. The molecule has 152 valence electrons. The number of benzene rings is 1. The molecule has 1 saturated carbocycles. The van der Waals surface area contributed by atoms with Gasteiger partial charge in [0, 0.05) is 6.04 Å². The van der Waals surface area contributed by atoms with Crippen LogP contribution in [0.5, 0.6) is 0 Å². The van der Waals surface area contributed by atoms with Crippen LogP contribution in [-0.4, -0.2) is 32.8 Å². The number of aryl methyl sites for hydroxylation is 1. The van der Waals surface area contributed by atoms with Crippen molar-refractivity contribution in [1.29, 1.82) is 0 Å². The van der Waals surface area contributed by atoms with Crippen molar-refractivity contribution in [1.82, 2.24) is 5.32 Å². The van der Waals surface area contributed by atoms with Crippen LogP contribution in [-0.2, 0) is 19.0 Å². The lowest BCUT2D eigenvalue weighted by Crippen LogP contribution is -2.44. The van der Waals surface area contributed by atoms with Gasteiger partial charge in [0.1, 0.15) is 5.60 Å². The largest absolute Gasteiger partial charge is 0.444 e. The van der Waals surface area contributed by atoms with E-state index in [4.69, 9.17) is 8.92 Å². The molecule has 2 atom stereocenters. The number of nitrogens with one attached hydrogen (secondary N) is 1. The highest BCUT2D eigenvalue weighted by Gasteiger charge is 2.28. The first-order chi connectivity index (χ1) is 12.6. The summed E-state index contributed by atoms with van der Waals surface area (Å²) in [5.74, 6) is 0.180. The zero-order valence-electron chi connectivity index (χ0n) is 16.7. The molecule has 0 aromatic heterocycles. The molecule has 0 unspecified atom stereocenters. The lowest BCUT2D eigenvalue weighted by Gasteiger charge is -2.32. The van der Waals surface area contributed by atoms with Gasteiger partial charge in [-0.3, -0.25) is 4.18 Å².